The molecule has 80 heavy (non-hydrogen) atoms. The van der Waals surface area contributed by atoms with Crippen LogP contribution < -0.4 is 16.4 Å². The second kappa shape index (κ2) is 25.5. The number of carbonyl (C=O) groups excluding carboxylic acids is 3. The fourth-order valence-corrected chi connectivity index (χ4v) is 17.2. The van der Waals surface area contributed by atoms with Gasteiger partial charge in [0.05, 0.1) is 49.9 Å². The van der Waals surface area contributed by atoms with E-state index in [4.69, 9.17) is 19.5 Å². The van der Waals surface area contributed by atoms with E-state index in [2.05, 4.69) is 55.2 Å². The SMILES string of the molecule is CC(CCC(O)C(C)C(=O)SCCNC(=O)CCNC(=O)C(O)C(C)(C)COP(=O)(O)OP(=O)(O)OCC1OC(n2cnc3c(N)ncnc32)C(O)C1OP(=O)(O)O)C1CCC2C3C(O)CC4CC(O)CCC4(C)C3CC(O)C12C. The lowest BCUT2D eigenvalue weighted by atomic mass is 9.43. The van der Waals surface area contributed by atoms with E-state index in [1.165, 1.54) is 13.8 Å². The van der Waals surface area contributed by atoms with Gasteiger partial charge in [0, 0.05) is 30.7 Å². The summed E-state index contributed by atoms with van der Waals surface area (Å²) in [4.78, 5) is 89.9. The summed E-state index contributed by atoms with van der Waals surface area (Å²) in [7, 11) is -16.5. The summed E-state index contributed by atoms with van der Waals surface area (Å²) in [5, 5.41) is 71.6. The Labute approximate surface area is 467 Å². The number of rotatable bonds is 25. The number of imidazole rings is 1. The molecule has 3 heterocycles. The number of carbonyl (C=O) groups is 3. The lowest BCUT2D eigenvalue weighted by Gasteiger charge is -2.63. The highest BCUT2D eigenvalue weighted by molar-refractivity contribution is 8.13. The average molecular weight is 1220 g/mol. The third-order valence-corrected chi connectivity index (χ3v) is 22.3. The first-order valence-corrected chi connectivity index (χ1v) is 32.5. The number of thioether (sulfide) groups is 1. The maximum Gasteiger partial charge on any atom is 0.481 e. The molecule has 32 heteroatoms. The molecule has 20 unspecified atom stereocenters. The number of ether oxygens (including phenoxy) is 1. The van der Waals surface area contributed by atoms with Crippen LogP contribution in [-0.4, -0.2) is 168 Å². The number of aliphatic hydroxyl groups is 6. The van der Waals surface area contributed by atoms with E-state index in [0.29, 0.717) is 32.1 Å². The van der Waals surface area contributed by atoms with Crippen LogP contribution in [0.3, 0.4) is 0 Å². The zero-order chi connectivity index (χ0) is 59.1. The number of amides is 2. The lowest BCUT2D eigenvalue weighted by Crippen LogP contribution is -2.62. The quantitative estimate of drug-likeness (QED) is 0.0500. The van der Waals surface area contributed by atoms with Crippen LogP contribution in [0.15, 0.2) is 12.7 Å². The third kappa shape index (κ3) is 14.5. The molecule has 0 aromatic carbocycles. The number of aromatic nitrogens is 4. The van der Waals surface area contributed by atoms with Gasteiger partial charge in [-0.2, -0.15) is 4.31 Å². The Kier molecular flexibility index (Phi) is 20.7. The van der Waals surface area contributed by atoms with Crippen molar-refractivity contribution in [2.45, 2.75) is 161 Å². The number of aliphatic hydroxyl groups excluding tert-OH is 6. The minimum Gasteiger partial charge on any atom is -0.393 e. The third-order valence-electron chi connectivity index (χ3n) is 18.1. The predicted octanol–water partition coefficient (Wildman–Crippen LogP) is 2.04. The predicted molar refractivity (Wildman–Crippen MR) is 285 cm³/mol. The topological polar surface area (TPSA) is 445 Å². The first-order valence-electron chi connectivity index (χ1n) is 27.0. The standard InChI is InChI=1S/C48H80N7O21P3S/c1-24(28-8-9-29-36-30(19-34(59)48(28,29)6)47(5)13-11-27(56)17-26(47)18-32(36)58)7-10-31(57)25(2)45(64)80-16-15-50-35(60)12-14-51-43(63)40(62)46(3,4)21-73-79(70,71)76-78(68,69)72-20-33-39(75-77(65,66)67)38(61)44(74-33)55-23-54-37-41(49)52-22-53-42(37)55/h22-34,36,38-40,44,56-59,61-62H,7-21H2,1-6H3,(H,50,60)(H,51,63)(H,68,69)(H,70,71)(H2,49,52,53)(H2,65,66,67). The zero-order valence-corrected chi connectivity index (χ0v) is 49.1. The maximum absolute atomic E-state index is 13.1. The van der Waals surface area contributed by atoms with Crippen LogP contribution in [0.25, 0.3) is 11.2 Å². The number of hydrogen-bond acceptors (Lipinski definition) is 22. The Hall–Kier alpha value is -2.60. The molecule has 2 aromatic rings. The smallest absolute Gasteiger partial charge is 0.393 e. The van der Waals surface area contributed by atoms with Crippen molar-refractivity contribution in [3.05, 3.63) is 12.7 Å². The summed E-state index contributed by atoms with van der Waals surface area (Å²) in [5.41, 5.74) is 3.82. The Morgan fingerprint density at radius 2 is 1.62 bits per heavy atom. The fraction of sp³-hybridized carbons (Fsp3) is 0.833. The largest absolute Gasteiger partial charge is 0.481 e. The van der Waals surface area contributed by atoms with Crippen molar-refractivity contribution in [3.63, 3.8) is 0 Å². The number of nitrogen functional groups attached to an aromatic ring is 1. The van der Waals surface area contributed by atoms with Crippen molar-refractivity contribution < 1.29 is 101 Å². The van der Waals surface area contributed by atoms with Gasteiger partial charge < -0.3 is 71.3 Å². The maximum atomic E-state index is 13.1. The van der Waals surface area contributed by atoms with E-state index in [-0.39, 0.29) is 99.8 Å². The van der Waals surface area contributed by atoms with E-state index in [0.717, 1.165) is 54.7 Å². The summed E-state index contributed by atoms with van der Waals surface area (Å²) >= 11 is 0.968. The van der Waals surface area contributed by atoms with E-state index in [9.17, 15) is 78.3 Å². The molecule has 7 rings (SSSR count). The number of phosphoric ester groups is 3. The molecule has 454 valence electrons. The number of phosphoric acid groups is 3. The molecular weight excluding hydrogens is 1140 g/mol. The van der Waals surface area contributed by atoms with Crippen LogP contribution >= 0.6 is 35.2 Å². The van der Waals surface area contributed by atoms with Crippen molar-refractivity contribution in [2.24, 2.45) is 57.7 Å². The summed E-state index contributed by atoms with van der Waals surface area (Å²) < 4.78 is 62.8. The molecule has 0 bridgehead atoms. The number of nitrogens with two attached hydrogens (primary N) is 1. The Morgan fingerprint density at radius 3 is 2.33 bits per heavy atom. The van der Waals surface area contributed by atoms with Gasteiger partial charge in [0.15, 0.2) is 22.8 Å². The van der Waals surface area contributed by atoms with Gasteiger partial charge in [-0.25, -0.2) is 28.6 Å². The highest BCUT2D eigenvalue weighted by Crippen LogP contribution is 2.69. The molecular formula is C48H80N7O21P3S. The van der Waals surface area contributed by atoms with Crippen LogP contribution in [0, 0.1) is 57.7 Å². The summed E-state index contributed by atoms with van der Waals surface area (Å²) in [6.07, 6.45) is -2.81. The Balaban J connectivity index is 0.780. The molecule has 0 spiro atoms. The van der Waals surface area contributed by atoms with Gasteiger partial charge >= 0.3 is 23.5 Å². The zero-order valence-electron chi connectivity index (χ0n) is 45.6. The monoisotopic (exact) mass is 1220 g/mol. The van der Waals surface area contributed by atoms with Crippen LogP contribution in [0.5, 0.6) is 0 Å². The number of hydrogen-bond donors (Lipinski definition) is 13. The van der Waals surface area contributed by atoms with Gasteiger partial charge in [0.2, 0.25) is 11.8 Å². The van der Waals surface area contributed by atoms with Crippen LogP contribution in [0.2, 0.25) is 0 Å². The normalized spacial score (nSPS) is 34.7. The molecule has 2 amide bonds. The van der Waals surface area contributed by atoms with Gasteiger partial charge in [-0.1, -0.05) is 53.3 Å². The molecule has 28 nitrogen and oxygen atoms in total. The molecule has 5 aliphatic rings. The van der Waals surface area contributed by atoms with Crippen molar-refractivity contribution >= 4 is 69.1 Å². The highest BCUT2D eigenvalue weighted by Gasteiger charge is 2.66. The van der Waals surface area contributed by atoms with Crippen molar-refractivity contribution in [3.8, 4) is 0 Å². The molecule has 1 saturated heterocycles. The molecule has 14 N–H and O–H groups in total. The van der Waals surface area contributed by atoms with Crippen molar-refractivity contribution in [1.82, 2.24) is 30.2 Å². The second-order valence-corrected chi connectivity index (χ2v) is 29.0. The molecule has 5 fully saturated rings. The van der Waals surface area contributed by atoms with Crippen LogP contribution in [-0.2, 0) is 50.7 Å². The fourth-order valence-electron chi connectivity index (χ4n) is 13.6. The number of fused-ring (bicyclic) bond motifs is 6. The van der Waals surface area contributed by atoms with Gasteiger partial charge in [-0.05, 0) is 104 Å². The molecule has 4 aliphatic carbocycles. The first kappa shape index (κ1) is 65.0. The minimum absolute atomic E-state index is 0.0198. The van der Waals surface area contributed by atoms with E-state index < -0.39 is 109 Å². The summed E-state index contributed by atoms with van der Waals surface area (Å²) in [5.74, 6) is -1.01. The molecule has 1 aliphatic heterocycles. The first-order chi connectivity index (χ1) is 37.2. The summed E-state index contributed by atoms with van der Waals surface area (Å²) in [6, 6.07) is 0. The molecule has 0 radical (unpaired) electrons. The van der Waals surface area contributed by atoms with Crippen molar-refractivity contribution in [2.75, 3.05) is 37.8 Å². The van der Waals surface area contributed by atoms with E-state index in [1.807, 2.05) is 0 Å². The lowest BCUT2D eigenvalue weighted by molar-refractivity contribution is -0.207. The van der Waals surface area contributed by atoms with Gasteiger partial charge in [-0.3, -0.25) is 32.5 Å². The summed E-state index contributed by atoms with van der Waals surface area (Å²) in [6.45, 7) is 8.57. The highest BCUT2D eigenvalue weighted by atomic mass is 32.2. The average Bonchev–Trinajstić information content (AvgIpc) is 3.66. The van der Waals surface area contributed by atoms with E-state index in [1.54, 1.807) is 6.92 Å². The molecule has 2 aromatic heterocycles. The van der Waals surface area contributed by atoms with Crippen LogP contribution in [0.4, 0.5) is 5.82 Å². The Morgan fingerprint density at radius 1 is 0.925 bits per heavy atom. The molecule has 20 atom stereocenters. The molecule has 4 saturated carbocycles. The second-order valence-electron chi connectivity index (χ2n) is 23.7. The number of nitrogens with zero attached hydrogens (tertiary/aromatic N) is 4. The number of nitrogens with one attached hydrogen (secondary N) is 2. The van der Waals surface area contributed by atoms with Gasteiger partial charge in [0.1, 0.15) is 36.3 Å². The van der Waals surface area contributed by atoms with Gasteiger partial charge in [-0.15, -0.1) is 0 Å². The minimum atomic E-state index is -5.62. The van der Waals surface area contributed by atoms with Crippen LogP contribution in [0.1, 0.15) is 112 Å². The Bertz CT molecular complexity index is 2670. The van der Waals surface area contributed by atoms with Crippen molar-refractivity contribution in [1.29, 1.82) is 0 Å². The van der Waals surface area contributed by atoms with E-state index >= 15 is 0 Å². The van der Waals surface area contributed by atoms with Gasteiger partial charge in [0.25, 0.3) is 0 Å². The number of anilines is 1.